The number of nitrogens with zero attached hydrogens (tertiary/aromatic N) is 1. The summed E-state index contributed by atoms with van der Waals surface area (Å²) in [5.74, 6) is 0. The van der Waals surface area contributed by atoms with E-state index < -0.39 is 21.8 Å². The van der Waals surface area contributed by atoms with Crippen molar-refractivity contribution in [3.05, 3.63) is 35.4 Å². The molecular weight excluding hydrogens is 371 g/mol. The molecule has 0 aliphatic carbocycles. The van der Waals surface area contributed by atoms with Crippen LogP contribution in [0.2, 0.25) is 0 Å². The van der Waals surface area contributed by atoms with Gasteiger partial charge in [0.25, 0.3) is 0 Å². The van der Waals surface area contributed by atoms with Crippen LogP contribution in [0, 0.1) is 18.3 Å². The Bertz CT molecular complexity index is 442. The zero-order chi connectivity index (χ0) is 20.2. The van der Waals surface area contributed by atoms with Crippen molar-refractivity contribution in [2.45, 2.75) is 6.92 Å². The number of rotatable bonds is 0. The molecule has 0 aromatic heterocycles. The first-order valence-corrected chi connectivity index (χ1v) is 5.41. The van der Waals surface area contributed by atoms with Gasteiger partial charge in [0.2, 0.25) is 0 Å². The molecule has 24 heavy (non-hydrogen) atoms. The highest BCUT2D eigenvalue weighted by Crippen LogP contribution is 2.07. The zero-order valence-electron chi connectivity index (χ0n) is 11.5. The van der Waals surface area contributed by atoms with Gasteiger partial charge in [0, 0.05) is 0 Å². The smallest absolute Gasteiger partial charge is 0.418 e. The SMILES string of the molecule is Cc1cccc(C#N)c1.F[B-](F)(F)F.F[B-](F)(F)F.F[B-](F)(F)F. The first-order chi connectivity index (χ1) is 10.3. The highest BCUT2D eigenvalue weighted by Gasteiger charge is 2.21. The van der Waals surface area contributed by atoms with Gasteiger partial charge in [0.1, 0.15) is 0 Å². The second-order valence-electron chi connectivity index (χ2n) is 3.47. The summed E-state index contributed by atoms with van der Waals surface area (Å²) in [7, 11) is -18.0. The molecule has 0 unspecified atom stereocenters. The molecule has 0 heterocycles. The number of halogens is 12. The van der Waals surface area contributed by atoms with Crippen LogP contribution in [-0.4, -0.2) is 21.8 Å². The molecule has 0 radical (unpaired) electrons. The van der Waals surface area contributed by atoms with Crippen molar-refractivity contribution in [1.29, 1.82) is 5.26 Å². The van der Waals surface area contributed by atoms with E-state index in [1.165, 1.54) is 0 Å². The summed E-state index contributed by atoms with van der Waals surface area (Å²) in [6, 6.07) is 9.58. The van der Waals surface area contributed by atoms with Crippen LogP contribution in [-0.2, 0) is 0 Å². The molecule has 0 atom stereocenters. The van der Waals surface area contributed by atoms with E-state index in [1.807, 2.05) is 25.1 Å². The highest BCUT2D eigenvalue weighted by molar-refractivity contribution is 6.50. The number of aryl methyl sites for hydroxylation is 1. The van der Waals surface area contributed by atoms with Crippen LogP contribution in [0.1, 0.15) is 11.1 Å². The van der Waals surface area contributed by atoms with Crippen LogP contribution in [0.15, 0.2) is 24.3 Å². The van der Waals surface area contributed by atoms with Crippen LogP contribution in [0.3, 0.4) is 0 Å². The standard InChI is InChI=1S/C8H7N.3BF4/c1-7-3-2-4-8(5-7)6-9;3*2-1(3,4)5/h2-5H,1H3;;;/q;3*-1. The summed E-state index contributed by atoms with van der Waals surface area (Å²) >= 11 is 0. The van der Waals surface area contributed by atoms with Gasteiger partial charge in [0.05, 0.1) is 11.6 Å². The number of nitriles is 1. The van der Waals surface area contributed by atoms with Crippen LogP contribution in [0.25, 0.3) is 0 Å². The molecule has 0 amide bonds. The molecule has 1 nitrogen and oxygen atoms in total. The molecule has 0 aliphatic rings. The van der Waals surface area contributed by atoms with E-state index in [-0.39, 0.29) is 0 Å². The Morgan fingerprint density at radius 1 is 0.708 bits per heavy atom. The van der Waals surface area contributed by atoms with Gasteiger partial charge in [-0.3, -0.25) is 0 Å². The summed E-state index contributed by atoms with van der Waals surface area (Å²) in [6.45, 7) is 1.97. The fourth-order valence-corrected chi connectivity index (χ4v) is 0.715. The Kier molecular flexibility index (Phi) is 13.0. The molecule has 0 fully saturated rings. The molecule has 140 valence electrons. The van der Waals surface area contributed by atoms with Crippen LogP contribution < -0.4 is 0 Å². The van der Waals surface area contributed by atoms with Crippen molar-refractivity contribution >= 4 is 21.8 Å². The molecule has 0 saturated carbocycles. The number of hydrogen-bond acceptors (Lipinski definition) is 1. The Morgan fingerprint density at radius 2 is 1.00 bits per heavy atom. The summed E-state index contributed by atoms with van der Waals surface area (Å²) in [5, 5.41) is 8.41. The van der Waals surface area contributed by atoms with E-state index in [0.29, 0.717) is 0 Å². The fraction of sp³-hybridized carbons (Fsp3) is 0.125. The Labute approximate surface area is 128 Å². The minimum atomic E-state index is -6.00. The molecular formula is C8H7B3F12N-3. The van der Waals surface area contributed by atoms with Gasteiger partial charge in [-0.05, 0) is 24.6 Å². The maximum Gasteiger partial charge on any atom is 0.673 e. The Morgan fingerprint density at radius 3 is 1.17 bits per heavy atom. The van der Waals surface area contributed by atoms with Crippen LogP contribution >= 0.6 is 0 Å². The third kappa shape index (κ3) is 72.0. The van der Waals surface area contributed by atoms with Crippen molar-refractivity contribution in [1.82, 2.24) is 0 Å². The van der Waals surface area contributed by atoms with Gasteiger partial charge in [-0.1, -0.05) is 12.1 Å². The molecule has 0 aliphatic heterocycles. The van der Waals surface area contributed by atoms with Gasteiger partial charge in [-0.2, -0.15) is 5.26 Å². The highest BCUT2D eigenvalue weighted by atomic mass is 19.5. The predicted octanol–water partition coefficient (Wildman–Crippen LogP) is 5.77. The lowest BCUT2D eigenvalue weighted by atomic mass is 10.2. The Hall–Kier alpha value is -1.94. The molecule has 0 bridgehead atoms. The number of hydrogen-bond donors (Lipinski definition) is 0. The maximum atomic E-state index is 9.75. The van der Waals surface area contributed by atoms with Crippen molar-refractivity contribution in [2.24, 2.45) is 0 Å². The third-order valence-electron chi connectivity index (χ3n) is 1.15. The minimum absolute atomic E-state index is 0.731. The topological polar surface area (TPSA) is 23.8 Å². The second kappa shape index (κ2) is 11.6. The average Bonchev–Trinajstić information content (AvgIpc) is 2.21. The zero-order valence-corrected chi connectivity index (χ0v) is 11.5. The van der Waals surface area contributed by atoms with Crippen molar-refractivity contribution in [3.63, 3.8) is 0 Å². The summed E-state index contributed by atoms with van der Waals surface area (Å²) < 4.78 is 117. The molecule has 16 heteroatoms. The van der Waals surface area contributed by atoms with Gasteiger partial charge in [0.15, 0.2) is 0 Å². The monoisotopic (exact) mass is 378 g/mol. The first-order valence-electron chi connectivity index (χ1n) is 5.41. The van der Waals surface area contributed by atoms with E-state index in [1.54, 1.807) is 6.07 Å². The van der Waals surface area contributed by atoms with Gasteiger partial charge in [-0.15, -0.1) is 0 Å². The lowest BCUT2D eigenvalue weighted by Gasteiger charge is -1.94. The maximum absolute atomic E-state index is 9.75. The van der Waals surface area contributed by atoms with Gasteiger partial charge in [-0.25, -0.2) is 0 Å². The van der Waals surface area contributed by atoms with Crippen molar-refractivity contribution in [2.75, 3.05) is 0 Å². The quantitative estimate of drug-likeness (QED) is 0.416. The lowest BCUT2D eigenvalue weighted by Crippen LogP contribution is -2.02. The van der Waals surface area contributed by atoms with Crippen LogP contribution in [0.5, 0.6) is 0 Å². The van der Waals surface area contributed by atoms with Crippen molar-refractivity contribution < 1.29 is 51.8 Å². The van der Waals surface area contributed by atoms with Crippen LogP contribution in [0.4, 0.5) is 51.8 Å². The largest absolute Gasteiger partial charge is 0.673 e. The third-order valence-corrected chi connectivity index (χ3v) is 1.15. The first kappa shape index (κ1) is 26.9. The minimum Gasteiger partial charge on any atom is -0.418 e. The summed E-state index contributed by atoms with van der Waals surface area (Å²) in [4.78, 5) is 0. The molecule has 1 aromatic carbocycles. The summed E-state index contributed by atoms with van der Waals surface area (Å²) in [6.07, 6.45) is 0. The summed E-state index contributed by atoms with van der Waals surface area (Å²) in [5.41, 5.74) is 1.86. The van der Waals surface area contributed by atoms with E-state index in [9.17, 15) is 51.8 Å². The van der Waals surface area contributed by atoms with Gasteiger partial charge < -0.3 is 51.8 Å². The lowest BCUT2D eigenvalue weighted by molar-refractivity contribution is 0.366. The second-order valence-corrected chi connectivity index (χ2v) is 3.47. The van der Waals surface area contributed by atoms with E-state index in [4.69, 9.17) is 5.26 Å². The van der Waals surface area contributed by atoms with Crippen molar-refractivity contribution in [3.8, 4) is 6.07 Å². The predicted molar refractivity (Wildman–Crippen MR) is 66.5 cm³/mol. The molecule has 0 spiro atoms. The van der Waals surface area contributed by atoms with E-state index in [0.717, 1.165) is 11.1 Å². The van der Waals surface area contributed by atoms with E-state index in [2.05, 4.69) is 6.07 Å². The fourth-order valence-electron chi connectivity index (χ4n) is 0.715. The average molecular weight is 378 g/mol. The molecule has 0 N–H and O–H groups in total. The Balaban J connectivity index is -0.000000259. The molecule has 1 aromatic rings. The molecule has 1 rings (SSSR count). The molecule has 0 saturated heterocycles. The van der Waals surface area contributed by atoms with Gasteiger partial charge >= 0.3 is 21.8 Å². The normalized spacial score (nSPS) is 10.7. The number of benzene rings is 1. The van der Waals surface area contributed by atoms with E-state index >= 15 is 0 Å².